The average molecular weight is 620 g/mol. The number of primary amides is 1. The molecular formula is C32H45N9O4. The average Bonchev–Trinajstić information content (AvgIpc) is 3.42. The molecule has 0 saturated carbocycles. The van der Waals surface area contributed by atoms with Gasteiger partial charge in [0.1, 0.15) is 18.1 Å². The lowest BCUT2D eigenvalue weighted by Gasteiger charge is -2.25. The normalized spacial score (nSPS) is 13.6. The Kier molecular flexibility index (Phi) is 13.4. The number of unbranched alkanes of at least 4 members (excludes halogenated alkanes) is 1. The van der Waals surface area contributed by atoms with E-state index >= 15 is 0 Å². The zero-order valence-electron chi connectivity index (χ0n) is 25.6. The van der Waals surface area contributed by atoms with Gasteiger partial charge < -0.3 is 43.9 Å². The molecular weight excluding hydrogens is 574 g/mol. The number of hydrogen-bond acceptors (Lipinski definition) is 6. The number of hydrogen-bond donors (Lipinski definition) is 8. The van der Waals surface area contributed by atoms with Crippen LogP contribution in [0.25, 0.3) is 10.9 Å². The predicted molar refractivity (Wildman–Crippen MR) is 175 cm³/mol. The number of carbonyl (C=O) groups excluding carboxylic acids is 4. The molecule has 45 heavy (non-hydrogen) atoms. The maximum Gasteiger partial charge on any atom is 0.243 e. The molecule has 0 bridgehead atoms. The molecule has 12 N–H and O–H groups in total. The molecule has 13 heteroatoms. The SMILES string of the molecule is CCCC[C@H](NC(=O)[C@H](N)Cc1c[nH]c2ccccc12)C(=O)N[C@@H](CCCN=C(N)N)C(=O)N[C@H](Cc1ccccc1)C(N)=O. The third-order valence-corrected chi connectivity index (χ3v) is 7.45. The second-order valence-electron chi connectivity index (χ2n) is 11.0. The zero-order valence-corrected chi connectivity index (χ0v) is 25.6. The van der Waals surface area contributed by atoms with Gasteiger partial charge in [0.2, 0.25) is 23.6 Å². The van der Waals surface area contributed by atoms with Crippen LogP contribution in [0.2, 0.25) is 0 Å². The van der Waals surface area contributed by atoms with Crippen molar-refractivity contribution in [3.63, 3.8) is 0 Å². The summed E-state index contributed by atoms with van der Waals surface area (Å²) in [7, 11) is 0. The summed E-state index contributed by atoms with van der Waals surface area (Å²) >= 11 is 0. The molecule has 0 spiro atoms. The minimum absolute atomic E-state index is 0.0944. The van der Waals surface area contributed by atoms with Crippen LogP contribution in [0.15, 0.2) is 65.8 Å². The van der Waals surface area contributed by atoms with E-state index in [9.17, 15) is 19.2 Å². The highest BCUT2D eigenvalue weighted by Crippen LogP contribution is 2.19. The van der Waals surface area contributed by atoms with Crippen molar-refractivity contribution in [2.24, 2.45) is 27.9 Å². The summed E-state index contributed by atoms with van der Waals surface area (Å²) in [5.74, 6) is -2.43. The molecule has 13 nitrogen and oxygen atoms in total. The van der Waals surface area contributed by atoms with Crippen LogP contribution in [0.5, 0.6) is 0 Å². The van der Waals surface area contributed by atoms with Crippen LogP contribution in [0.1, 0.15) is 50.2 Å². The first-order chi connectivity index (χ1) is 21.6. The Hall–Kier alpha value is -4.91. The van der Waals surface area contributed by atoms with Crippen LogP contribution in [0, 0.1) is 0 Å². The largest absolute Gasteiger partial charge is 0.370 e. The first-order valence-electron chi connectivity index (χ1n) is 15.2. The van der Waals surface area contributed by atoms with Crippen molar-refractivity contribution in [3.8, 4) is 0 Å². The third kappa shape index (κ3) is 10.9. The number of fused-ring (bicyclic) bond motifs is 1. The predicted octanol–water partition coefficient (Wildman–Crippen LogP) is 0.464. The molecule has 2 aromatic carbocycles. The molecule has 1 aromatic heterocycles. The Bertz CT molecular complexity index is 1450. The van der Waals surface area contributed by atoms with Crippen LogP contribution in [0.3, 0.4) is 0 Å². The standard InChI is InChI=1S/C32H45N9O4/c1-2-3-13-25(39-29(43)23(33)18-21-19-38-24-14-8-7-12-22(21)24)30(44)40-26(15-9-16-37-32(35)36)31(45)41-27(28(34)42)17-20-10-5-4-6-11-20/h4-8,10-12,14,19,23,25-27,38H,2-3,9,13,15-18,33H2,1H3,(H2,34,42)(H,39,43)(H,40,44)(H,41,45)(H4,35,36,37)/t23-,25+,26+,27-/m1/s1. The number of aromatic amines is 1. The summed E-state index contributed by atoms with van der Waals surface area (Å²) in [6.45, 7) is 2.19. The number of para-hydroxylation sites is 1. The first-order valence-corrected chi connectivity index (χ1v) is 15.2. The van der Waals surface area contributed by atoms with Crippen molar-refractivity contribution in [2.75, 3.05) is 6.54 Å². The summed E-state index contributed by atoms with van der Waals surface area (Å²) in [4.78, 5) is 59.5. The van der Waals surface area contributed by atoms with E-state index in [1.165, 1.54) is 0 Å². The number of carbonyl (C=O) groups is 4. The molecule has 3 aromatic rings. The Labute approximate surface area is 262 Å². The van der Waals surface area contributed by atoms with E-state index in [-0.39, 0.29) is 31.8 Å². The van der Waals surface area contributed by atoms with E-state index in [4.69, 9.17) is 22.9 Å². The second kappa shape index (κ2) is 17.4. The van der Waals surface area contributed by atoms with Crippen molar-refractivity contribution in [1.82, 2.24) is 20.9 Å². The smallest absolute Gasteiger partial charge is 0.243 e. The number of nitrogens with one attached hydrogen (secondary N) is 4. The Morgan fingerprint density at radius 1 is 0.778 bits per heavy atom. The summed E-state index contributed by atoms with van der Waals surface area (Å²) in [5, 5.41) is 9.19. The monoisotopic (exact) mass is 619 g/mol. The van der Waals surface area contributed by atoms with Crippen LogP contribution < -0.4 is 38.9 Å². The van der Waals surface area contributed by atoms with Gasteiger partial charge in [0.05, 0.1) is 6.04 Å². The van der Waals surface area contributed by atoms with Gasteiger partial charge in [0.25, 0.3) is 0 Å². The lowest BCUT2D eigenvalue weighted by atomic mass is 10.0. The number of nitrogens with zero attached hydrogens (tertiary/aromatic N) is 1. The molecule has 0 aliphatic heterocycles. The number of rotatable bonds is 18. The van der Waals surface area contributed by atoms with Crippen molar-refractivity contribution in [2.45, 2.75) is 76.0 Å². The van der Waals surface area contributed by atoms with E-state index in [0.717, 1.165) is 28.5 Å². The number of guanidine groups is 1. The van der Waals surface area contributed by atoms with Crippen LogP contribution in [-0.2, 0) is 32.0 Å². The van der Waals surface area contributed by atoms with Gasteiger partial charge in [-0.15, -0.1) is 0 Å². The lowest BCUT2D eigenvalue weighted by Crippen LogP contribution is -2.57. The number of aliphatic imine (C=N–C) groups is 1. The number of H-pyrrole nitrogens is 1. The number of aromatic nitrogens is 1. The van der Waals surface area contributed by atoms with Gasteiger partial charge in [0, 0.05) is 30.1 Å². The van der Waals surface area contributed by atoms with Crippen LogP contribution in [0.4, 0.5) is 0 Å². The number of benzene rings is 2. The van der Waals surface area contributed by atoms with Crippen LogP contribution in [-0.4, -0.2) is 65.3 Å². The topological polar surface area (TPSA) is 237 Å². The van der Waals surface area contributed by atoms with Crippen LogP contribution >= 0.6 is 0 Å². The fourth-order valence-corrected chi connectivity index (χ4v) is 4.98. The Balaban J connectivity index is 1.71. The fraction of sp³-hybridized carbons (Fsp3) is 0.406. The third-order valence-electron chi connectivity index (χ3n) is 7.45. The van der Waals surface area contributed by atoms with E-state index in [1.807, 2.05) is 67.7 Å². The van der Waals surface area contributed by atoms with E-state index < -0.39 is 47.8 Å². The lowest BCUT2D eigenvalue weighted by molar-refractivity contribution is -0.133. The minimum atomic E-state index is -1.05. The van der Waals surface area contributed by atoms with Gasteiger partial charge in [0.15, 0.2) is 5.96 Å². The van der Waals surface area contributed by atoms with E-state index in [0.29, 0.717) is 19.3 Å². The summed E-state index contributed by atoms with van der Waals surface area (Å²) in [6.07, 6.45) is 4.57. The van der Waals surface area contributed by atoms with E-state index in [2.05, 4.69) is 25.9 Å². The van der Waals surface area contributed by atoms with Gasteiger partial charge in [-0.1, -0.05) is 68.3 Å². The van der Waals surface area contributed by atoms with Crippen molar-refractivity contribution >= 4 is 40.5 Å². The van der Waals surface area contributed by atoms with Crippen molar-refractivity contribution < 1.29 is 19.2 Å². The van der Waals surface area contributed by atoms with Gasteiger partial charge in [-0.25, -0.2) is 0 Å². The van der Waals surface area contributed by atoms with E-state index in [1.54, 1.807) is 0 Å². The molecule has 0 unspecified atom stereocenters. The summed E-state index contributed by atoms with van der Waals surface area (Å²) in [6, 6.07) is 12.9. The maximum absolute atomic E-state index is 13.6. The summed E-state index contributed by atoms with van der Waals surface area (Å²) < 4.78 is 0. The molecule has 4 amide bonds. The zero-order chi connectivity index (χ0) is 32.8. The molecule has 3 rings (SSSR count). The molecule has 0 radical (unpaired) electrons. The molecule has 0 aliphatic rings. The fourth-order valence-electron chi connectivity index (χ4n) is 4.98. The van der Waals surface area contributed by atoms with Gasteiger partial charge in [-0.05, 0) is 42.9 Å². The van der Waals surface area contributed by atoms with Crippen molar-refractivity contribution in [1.29, 1.82) is 0 Å². The molecule has 4 atom stereocenters. The molecule has 0 aliphatic carbocycles. The molecule has 1 heterocycles. The quantitative estimate of drug-likeness (QED) is 0.0568. The highest BCUT2D eigenvalue weighted by Gasteiger charge is 2.30. The van der Waals surface area contributed by atoms with Crippen molar-refractivity contribution in [3.05, 3.63) is 71.9 Å². The number of amides is 4. The first kappa shape index (κ1) is 34.6. The highest BCUT2D eigenvalue weighted by atomic mass is 16.2. The Morgan fingerprint density at radius 3 is 2.02 bits per heavy atom. The second-order valence-corrected chi connectivity index (χ2v) is 11.0. The number of nitrogens with two attached hydrogens (primary N) is 4. The van der Waals surface area contributed by atoms with Gasteiger partial charge in [-0.2, -0.15) is 0 Å². The van der Waals surface area contributed by atoms with Gasteiger partial charge >= 0.3 is 0 Å². The highest BCUT2D eigenvalue weighted by molar-refractivity contribution is 5.95. The van der Waals surface area contributed by atoms with Gasteiger partial charge in [-0.3, -0.25) is 24.2 Å². The molecule has 242 valence electrons. The maximum atomic E-state index is 13.6. The minimum Gasteiger partial charge on any atom is -0.370 e. The molecule has 0 fully saturated rings. The summed E-state index contributed by atoms with van der Waals surface area (Å²) in [5.41, 5.74) is 25.4. The molecule has 0 saturated heterocycles. The Morgan fingerprint density at radius 2 is 1.38 bits per heavy atom.